The van der Waals surface area contributed by atoms with Crippen LogP contribution in [0.3, 0.4) is 0 Å². The van der Waals surface area contributed by atoms with Crippen LogP contribution in [0.4, 0.5) is 0 Å². The van der Waals surface area contributed by atoms with Crippen molar-refractivity contribution in [2.24, 2.45) is 11.3 Å². The first-order valence-corrected chi connectivity index (χ1v) is 10.3. The summed E-state index contributed by atoms with van der Waals surface area (Å²) in [7, 11) is 0. The fourth-order valence-electron chi connectivity index (χ4n) is 5.14. The first kappa shape index (κ1) is 17.6. The van der Waals surface area contributed by atoms with Crippen molar-refractivity contribution in [3.8, 4) is 0 Å². The van der Waals surface area contributed by atoms with Crippen LogP contribution < -0.4 is 0 Å². The maximum absolute atomic E-state index is 13.2. The van der Waals surface area contributed by atoms with Gasteiger partial charge in [0.05, 0.1) is 5.41 Å². The summed E-state index contributed by atoms with van der Waals surface area (Å²) in [6, 6.07) is 10.4. The molecule has 1 atom stereocenters. The number of hydrogen-bond donors (Lipinski definition) is 0. The third-order valence-corrected chi connectivity index (χ3v) is 6.71. The molecule has 4 rings (SSSR count). The predicted molar refractivity (Wildman–Crippen MR) is 102 cm³/mol. The number of hydrogen-bond acceptors (Lipinski definition) is 2. The van der Waals surface area contributed by atoms with Crippen LogP contribution >= 0.6 is 0 Å². The molecule has 2 heterocycles. The Labute approximate surface area is 156 Å². The lowest BCUT2D eigenvalue weighted by Gasteiger charge is -2.39. The van der Waals surface area contributed by atoms with Gasteiger partial charge in [-0.25, -0.2) is 0 Å². The van der Waals surface area contributed by atoms with Crippen LogP contribution in [-0.2, 0) is 16.0 Å². The summed E-state index contributed by atoms with van der Waals surface area (Å²) < 4.78 is 0. The number of carbonyl (C=O) groups is 2. The van der Waals surface area contributed by atoms with Gasteiger partial charge in [-0.1, -0.05) is 43.2 Å². The van der Waals surface area contributed by atoms with E-state index in [0.29, 0.717) is 18.4 Å². The quantitative estimate of drug-likeness (QED) is 0.833. The van der Waals surface area contributed by atoms with Crippen molar-refractivity contribution >= 4 is 11.8 Å². The zero-order valence-electron chi connectivity index (χ0n) is 15.7. The van der Waals surface area contributed by atoms with Crippen LogP contribution in [0.5, 0.6) is 0 Å². The smallest absolute Gasteiger partial charge is 0.230 e. The minimum Gasteiger partial charge on any atom is -0.342 e. The van der Waals surface area contributed by atoms with Gasteiger partial charge >= 0.3 is 0 Å². The lowest BCUT2D eigenvalue weighted by molar-refractivity contribution is -0.146. The van der Waals surface area contributed by atoms with Crippen molar-refractivity contribution in [1.82, 2.24) is 9.80 Å². The van der Waals surface area contributed by atoms with E-state index >= 15 is 0 Å². The topological polar surface area (TPSA) is 40.6 Å². The summed E-state index contributed by atoms with van der Waals surface area (Å²) in [5, 5.41) is 0. The van der Waals surface area contributed by atoms with Crippen molar-refractivity contribution in [1.29, 1.82) is 0 Å². The highest BCUT2D eigenvalue weighted by atomic mass is 16.2. The Morgan fingerprint density at radius 3 is 2.58 bits per heavy atom. The van der Waals surface area contributed by atoms with E-state index in [1.165, 1.54) is 18.4 Å². The van der Waals surface area contributed by atoms with Gasteiger partial charge in [-0.15, -0.1) is 0 Å². The zero-order valence-corrected chi connectivity index (χ0v) is 15.7. The number of nitrogens with zero attached hydrogens (tertiary/aromatic N) is 2. The lowest BCUT2D eigenvalue weighted by atomic mass is 9.78. The Kier molecular flexibility index (Phi) is 5.01. The molecule has 1 aromatic rings. The third kappa shape index (κ3) is 3.38. The molecule has 0 aromatic heterocycles. The molecule has 2 amide bonds. The molecule has 0 unspecified atom stereocenters. The summed E-state index contributed by atoms with van der Waals surface area (Å²) >= 11 is 0. The van der Waals surface area contributed by atoms with Crippen LogP contribution in [0.1, 0.15) is 50.5 Å². The van der Waals surface area contributed by atoms with E-state index in [1.807, 2.05) is 11.0 Å². The standard InChI is InChI=1S/C22H30N2O2/c25-20(19-9-4-5-10-19)24-16-13-22(17-24)12-6-14-23(21(22)26)15-11-18-7-2-1-3-8-18/h1-3,7-8,19H,4-6,9-17H2/t22-/m1/s1. The number of benzene rings is 1. The van der Waals surface area contributed by atoms with Crippen LogP contribution in [0.15, 0.2) is 30.3 Å². The van der Waals surface area contributed by atoms with Gasteiger partial charge in [0.15, 0.2) is 0 Å². The molecule has 4 nitrogen and oxygen atoms in total. The maximum atomic E-state index is 13.2. The van der Waals surface area contributed by atoms with Gasteiger partial charge in [-0.2, -0.15) is 0 Å². The van der Waals surface area contributed by atoms with Crippen LogP contribution in [-0.4, -0.2) is 47.8 Å². The van der Waals surface area contributed by atoms with E-state index in [1.54, 1.807) is 0 Å². The second-order valence-corrected chi connectivity index (χ2v) is 8.40. The minimum absolute atomic E-state index is 0.220. The molecule has 3 aliphatic rings. The summed E-state index contributed by atoms with van der Waals surface area (Å²) in [5.41, 5.74) is 0.979. The minimum atomic E-state index is -0.302. The molecule has 140 valence electrons. The van der Waals surface area contributed by atoms with Gasteiger partial charge in [0, 0.05) is 32.1 Å². The maximum Gasteiger partial charge on any atom is 0.230 e. The Hall–Kier alpha value is -1.84. The highest BCUT2D eigenvalue weighted by molar-refractivity contribution is 5.86. The first-order chi connectivity index (χ1) is 12.7. The molecule has 1 aromatic carbocycles. The highest BCUT2D eigenvalue weighted by Gasteiger charge is 2.49. The van der Waals surface area contributed by atoms with Crippen molar-refractivity contribution < 1.29 is 9.59 Å². The van der Waals surface area contributed by atoms with E-state index in [-0.39, 0.29) is 11.3 Å². The summed E-state index contributed by atoms with van der Waals surface area (Å²) in [6.07, 6.45) is 8.22. The van der Waals surface area contributed by atoms with Crippen molar-refractivity contribution in [2.45, 2.75) is 51.4 Å². The molecule has 26 heavy (non-hydrogen) atoms. The van der Waals surface area contributed by atoms with Crippen molar-refractivity contribution in [2.75, 3.05) is 26.2 Å². The van der Waals surface area contributed by atoms with E-state index in [4.69, 9.17) is 0 Å². The van der Waals surface area contributed by atoms with Gasteiger partial charge in [-0.05, 0) is 44.1 Å². The zero-order chi connectivity index (χ0) is 18.0. The number of likely N-dealkylation sites (tertiary alicyclic amines) is 2. The fraction of sp³-hybridized carbons (Fsp3) is 0.636. The Morgan fingerprint density at radius 2 is 1.81 bits per heavy atom. The largest absolute Gasteiger partial charge is 0.342 e. The van der Waals surface area contributed by atoms with Gasteiger partial charge in [-0.3, -0.25) is 9.59 Å². The van der Waals surface area contributed by atoms with Crippen molar-refractivity contribution in [3.63, 3.8) is 0 Å². The number of carbonyl (C=O) groups excluding carboxylic acids is 2. The molecule has 0 bridgehead atoms. The summed E-state index contributed by atoms with van der Waals surface area (Å²) in [5.74, 6) is 0.827. The van der Waals surface area contributed by atoms with Gasteiger partial charge < -0.3 is 9.80 Å². The molecule has 2 aliphatic heterocycles. The first-order valence-electron chi connectivity index (χ1n) is 10.3. The molecule has 1 saturated carbocycles. The second-order valence-electron chi connectivity index (χ2n) is 8.40. The summed E-state index contributed by atoms with van der Waals surface area (Å²) in [4.78, 5) is 30.1. The molecule has 1 aliphatic carbocycles. The fourth-order valence-corrected chi connectivity index (χ4v) is 5.14. The molecule has 0 N–H and O–H groups in total. The van der Waals surface area contributed by atoms with Crippen LogP contribution in [0.2, 0.25) is 0 Å². The van der Waals surface area contributed by atoms with Gasteiger partial charge in [0.25, 0.3) is 0 Å². The monoisotopic (exact) mass is 354 g/mol. The third-order valence-electron chi connectivity index (χ3n) is 6.71. The van der Waals surface area contributed by atoms with E-state index < -0.39 is 0 Å². The van der Waals surface area contributed by atoms with E-state index in [2.05, 4.69) is 29.2 Å². The van der Waals surface area contributed by atoms with Gasteiger partial charge in [0.1, 0.15) is 0 Å². The number of amides is 2. The summed E-state index contributed by atoms with van der Waals surface area (Å²) in [6.45, 7) is 3.09. The Bertz CT molecular complexity index is 653. The van der Waals surface area contributed by atoms with E-state index in [9.17, 15) is 9.59 Å². The molecule has 0 radical (unpaired) electrons. The molecule has 3 fully saturated rings. The molecule has 1 spiro atoms. The SMILES string of the molecule is O=C(C1CCCC1)N1CC[C@]2(CCCN(CCc3ccccc3)C2=O)C1. The molecule has 4 heteroatoms. The Balaban J connectivity index is 1.38. The predicted octanol–water partition coefficient (Wildman–Crippen LogP) is 3.26. The van der Waals surface area contributed by atoms with E-state index in [0.717, 1.165) is 58.2 Å². The number of rotatable bonds is 4. The lowest BCUT2D eigenvalue weighted by Crippen LogP contribution is -2.51. The average molecular weight is 354 g/mol. The molecule has 2 saturated heterocycles. The molecular weight excluding hydrogens is 324 g/mol. The van der Waals surface area contributed by atoms with Crippen LogP contribution in [0.25, 0.3) is 0 Å². The normalized spacial score (nSPS) is 26.8. The van der Waals surface area contributed by atoms with Crippen LogP contribution in [0, 0.1) is 11.3 Å². The second kappa shape index (κ2) is 7.42. The average Bonchev–Trinajstić information content (AvgIpc) is 3.34. The van der Waals surface area contributed by atoms with Gasteiger partial charge in [0.2, 0.25) is 11.8 Å². The number of piperidine rings is 1. The Morgan fingerprint density at radius 1 is 1.04 bits per heavy atom. The van der Waals surface area contributed by atoms with Crippen molar-refractivity contribution in [3.05, 3.63) is 35.9 Å². The molecular formula is C22H30N2O2. The highest BCUT2D eigenvalue weighted by Crippen LogP contribution is 2.41.